The van der Waals surface area contributed by atoms with Gasteiger partial charge in [-0.25, -0.2) is 4.68 Å². The van der Waals surface area contributed by atoms with E-state index in [1.807, 2.05) is 0 Å². The Bertz CT molecular complexity index is 835. The predicted octanol–water partition coefficient (Wildman–Crippen LogP) is 3.03. The van der Waals surface area contributed by atoms with E-state index in [1.54, 1.807) is 42.3 Å². The van der Waals surface area contributed by atoms with E-state index in [9.17, 15) is 13.6 Å². The van der Waals surface area contributed by atoms with Crippen molar-refractivity contribution < 1.29 is 13.6 Å². The van der Waals surface area contributed by atoms with Crippen LogP contribution in [0.4, 0.5) is 8.78 Å². The number of fused-ring (bicyclic) bond motifs is 1. The lowest BCUT2D eigenvalue weighted by molar-refractivity contribution is 0.0609. The summed E-state index contributed by atoms with van der Waals surface area (Å²) in [5, 5.41) is 8.21. The minimum atomic E-state index is -2.80. The van der Waals surface area contributed by atoms with Gasteiger partial charge in [-0.2, -0.15) is 19.0 Å². The largest absolute Gasteiger partial charge is 0.333 e. The zero-order valence-electron chi connectivity index (χ0n) is 11.4. The molecule has 5 nitrogen and oxygen atoms in total. The highest BCUT2D eigenvalue weighted by Gasteiger charge is 2.19. The summed E-state index contributed by atoms with van der Waals surface area (Å²) in [7, 11) is 1.78. The SMILES string of the molecule is CC(=O)c1nn(C(F)F)c2cc(-c3cnn(C)c3)ccc12. The van der Waals surface area contributed by atoms with E-state index < -0.39 is 6.55 Å². The molecule has 3 rings (SSSR count). The van der Waals surface area contributed by atoms with Gasteiger partial charge in [0.15, 0.2) is 5.78 Å². The first-order chi connectivity index (χ1) is 9.97. The Morgan fingerprint density at radius 3 is 2.62 bits per heavy atom. The third kappa shape index (κ3) is 2.20. The number of carbonyl (C=O) groups excluding carboxylic acids is 1. The van der Waals surface area contributed by atoms with E-state index in [0.29, 0.717) is 10.1 Å². The van der Waals surface area contributed by atoms with Gasteiger partial charge in [0.25, 0.3) is 0 Å². The van der Waals surface area contributed by atoms with E-state index in [0.717, 1.165) is 11.1 Å². The first-order valence-electron chi connectivity index (χ1n) is 6.27. The summed E-state index contributed by atoms with van der Waals surface area (Å²) in [6.07, 6.45) is 3.44. The second-order valence-corrected chi connectivity index (χ2v) is 4.76. The van der Waals surface area contributed by atoms with Crippen molar-refractivity contribution in [2.75, 3.05) is 0 Å². The zero-order valence-corrected chi connectivity index (χ0v) is 11.4. The number of nitrogens with zero attached hydrogens (tertiary/aromatic N) is 4. The molecule has 3 aromatic rings. The van der Waals surface area contributed by atoms with Gasteiger partial charge in [-0.05, 0) is 17.7 Å². The summed E-state index contributed by atoms with van der Waals surface area (Å²) in [5.74, 6) is -0.339. The number of ketones is 1. The standard InChI is InChI=1S/C14H12F2N4O/c1-8(21)13-11-4-3-9(10-6-17-19(2)7-10)5-12(11)20(18-13)14(15)16/h3-7,14H,1-2H3. The number of halogens is 2. The maximum atomic E-state index is 13.1. The highest BCUT2D eigenvalue weighted by Crippen LogP contribution is 2.28. The number of aryl methyl sites for hydroxylation is 1. The molecule has 7 heteroatoms. The van der Waals surface area contributed by atoms with Crippen LogP contribution >= 0.6 is 0 Å². The van der Waals surface area contributed by atoms with Crippen molar-refractivity contribution in [3.8, 4) is 11.1 Å². The smallest absolute Gasteiger partial charge is 0.293 e. The second kappa shape index (κ2) is 4.76. The van der Waals surface area contributed by atoms with Crippen molar-refractivity contribution in [1.82, 2.24) is 19.6 Å². The molecule has 108 valence electrons. The van der Waals surface area contributed by atoms with Gasteiger partial charge in [-0.3, -0.25) is 9.48 Å². The molecule has 0 aliphatic rings. The average molecular weight is 290 g/mol. The summed E-state index contributed by atoms with van der Waals surface area (Å²) in [6.45, 7) is -1.49. The molecule has 1 aromatic carbocycles. The minimum Gasteiger partial charge on any atom is -0.293 e. The Labute approximate surface area is 118 Å². The van der Waals surface area contributed by atoms with Crippen LogP contribution in [0.2, 0.25) is 0 Å². The minimum absolute atomic E-state index is 0.0584. The highest BCUT2D eigenvalue weighted by atomic mass is 19.3. The summed E-state index contributed by atoms with van der Waals surface area (Å²) < 4.78 is 28.4. The molecule has 2 aromatic heterocycles. The van der Waals surface area contributed by atoms with Crippen LogP contribution in [0, 0.1) is 0 Å². The lowest BCUT2D eigenvalue weighted by Crippen LogP contribution is -2.02. The number of aromatic nitrogens is 4. The predicted molar refractivity (Wildman–Crippen MR) is 73.2 cm³/mol. The van der Waals surface area contributed by atoms with Gasteiger partial charge in [0, 0.05) is 31.1 Å². The summed E-state index contributed by atoms with van der Waals surface area (Å²) >= 11 is 0. The molecule has 0 aliphatic carbocycles. The molecule has 0 atom stereocenters. The van der Waals surface area contributed by atoms with Gasteiger partial charge in [0.2, 0.25) is 0 Å². The Morgan fingerprint density at radius 1 is 1.29 bits per heavy atom. The fourth-order valence-electron chi connectivity index (χ4n) is 2.30. The number of alkyl halides is 2. The molecular weight excluding hydrogens is 278 g/mol. The Balaban J connectivity index is 2.25. The van der Waals surface area contributed by atoms with Crippen LogP contribution in [0.15, 0.2) is 30.6 Å². The lowest BCUT2D eigenvalue weighted by atomic mass is 10.1. The third-order valence-corrected chi connectivity index (χ3v) is 3.26. The molecule has 0 saturated heterocycles. The van der Waals surface area contributed by atoms with Gasteiger partial charge < -0.3 is 0 Å². The van der Waals surface area contributed by atoms with Gasteiger partial charge in [0.05, 0.1) is 11.7 Å². The molecule has 0 fully saturated rings. The molecular formula is C14H12F2N4O. The van der Waals surface area contributed by atoms with E-state index in [1.165, 1.54) is 6.92 Å². The van der Waals surface area contributed by atoms with Crippen molar-refractivity contribution in [1.29, 1.82) is 0 Å². The second-order valence-electron chi connectivity index (χ2n) is 4.76. The van der Waals surface area contributed by atoms with Crippen LogP contribution in [-0.2, 0) is 7.05 Å². The monoisotopic (exact) mass is 290 g/mol. The van der Waals surface area contributed by atoms with E-state index in [-0.39, 0.29) is 17.0 Å². The first-order valence-corrected chi connectivity index (χ1v) is 6.27. The Morgan fingerprint density at radius 2 is 2.05 bits per heavy atom. The molecule has 0 radical (unpaired) electrons. The maximum Gasteiger partial charge on any atom is 0.333 e. The quantitative estimate of drug-likeness (QED) is 0.697. The van der Waals surface area contributed by atoms with Crippen LogP contribution in [0.25, 0.3) is 22.0 Å². The number of hydrogen-bond acceptors (Lipinski definition) is 3. The average Bonchev–Trinajstić information content (AvgIpc) is 3.01. The first kappa shape index (κ1) is 13.4. The molecule has 0 spiro atoms. The topological polar surface area (TPSA) is 52.7 Å². The lowest BCUT2D eigenvalue weighted by Gasteiger charge is -2.02. The van der Waals surface area contributed by atoms with Crippen LogP contribution in [-0.4, -0.2) is 25.3 Å². The molecule has 0 N–H and O–H groups in total. The highest BCUT2D eigenvalue weighted by molar-refractivity contribution is 6.05. The number of carbonyl (C=O) groups is 1. The van der Waals surface area contributed by atoms with Gasteiger partial charge in [-0.15, -0.1) is 0 Å². The number of rotatable bonds is 3. The fraction of sp³-hybridized carbons (Fsp3) is 0.214. The summed E-state index contributed by atoms with van der Waals surface area (Å²) in [6, 6.07) is 5.00. The van der Waals surface area contributed by atoms with Crippen molar-refractivity contribution in [2.24, 2.45) is 7.05 Å². The van der Waals surface area contributed by atoms with Crippen LogP contribution in [0.5, 0.6) is 0 Å². The van der Waals surface area contributed by atoms with Gasteiger partial charge in [0.1, 0.15) is 5.69 Å². The van der Waals surface area contributed by atoms with E-state index in [2.05, 4.69) is 10.2 Å². The van der Waals surface area contributed by atoms with Crippen molar-refractivity contribution in [2.45, 2.75) is 13.5 Å². The fourth-order valence-corrected chi connectivity index (χ4v) is 2.30. The summed E-state index contributed by atoms with van der Waals surface area (Å²) in [4.78, 5) is 11.5. The zero-order chi connectivity index (χ0) is 15.1. The maximum absolute atomic E-state index is 13.1. The van der Waals surface area contributed by atoms with E-state index >= 15 is 0 Å². The van der Waals surface area contributed by atoms with Gasteiger partial charge in [-0.1, -0.05) is 6.07 Å². The number of hydrogen-bond donors (Lipinski definition) is 0. The number of benzene rings is 1. The van der Waals surface area contributed by atoms with Crippen molar-refractivity contribution >= 4 is 16.7 Å². The molecule has 0 saturated carbocycles. The van der Waals surface area contributed by atoms with Crippen LogP contribution < -0.4 is 0 Å². The molecule has 21 heavy (non-hydrogen) atoms. The van der Waals surface area contributed by atoms with Crippen LogP contribution in [0.3, 0.4) is 0 Å². The molecule has 0 unspecified atom stereocenters. The van der Waals surface area contributed by atoms with E-state index in [4.69, 9.17) is 0 Å². The summed E-state index contributed by atoms with van der Waals surface area (Å²) in [5.41, 5.74) is 1.85. The molecule has 2 heterocycles. The van der Waals surface area contributed by atoms with Crippen molar-refractivity contribution in [3.63, 3.8) is 0 Å². The number of Topliss-reactive ketones (excluding diaryl/α,β-unsaturated/α-hetero) is 1. The van der Waals surface area contributed by atoms with Gasteiger partial charge >= 0.3 is 6.55 Å². The molecule has 0 bridgehead atoms. The van der Waals surface area contributed by atoms with Crippen molar-refractivity contribution in [3.05, 3.63) is 36.3 Å². The Hall–Kier alpha value is -2.57. The molecule has 0 aliphatic heterocycles. The van der Waals surface area contributed by atoms with Crippen LogP contribution in [0.1, 0.15) is 24.0 Å². The molecule has 0 amide bonds. The Kier molecular flexibility index (Phi) is 3.04. The third-order valence-electron chi connectivity index (χ3n) is 3.26. The normalized spacial score (nSPS) is 11.5.